The molecule has 0 bridgehead atoms. The zero-order valence-electron chi connectivity index (χ0n) is 12.5. The quantitative estimate of drug-likeness (QED) is 0.726. The minimum absolute atomic E-state index is 0.0783. The van der Waals surface area contributed by atoms with Crippen molar-refractivity contribution in [2.75, 3.05) is 13.2 Å². The lowest BCUT2D eigenvalue weighted by molar-refractivity contribution is -0.124. The van der Waals surface area contributed by atoms with E-state index in [-0.39, 0.29) is 28.7 Å². The SMILES string of the molecule is CCOP(=O)(OCC)[C@H]1C2C(CC(=O)[C@@H]1C)C2(C)C. The van der Waals surface area contributed by atoms with E-state index in [4.69, 9.17) is 9.05 Å². The van der Waals surface area contributed by atoms with Crippen molar-refractivity contribution in [3.8, 4) is 0 Å². The summed E-state index contributed by atoms with van der Waals surface area (Å²) in [7, 11) is -3.20. The molecule has 2 unspecified atom stereocenters. The number of hydrogen-bond acceptors (Lipinski definition) is 4. The summed E-state index contributed by atoms with van der Waals surface area (Å²) in [5, 5.41) is 0. The number of fused-ring (bicyclic) bond motifs is 1. The van der Waals surface area contributed by atoms with Crippen molar-refractivity contribution < 1.29 is 18.4 Å². The van der Waals surface area contributed by atoms with Gasteiger partial charge in [0, 0.05) is 12.3 Å². The van der Waals surface area contributed by atoms with Gasteiger partial charge >= 0.3 is 7.60 Å². The summed E-state index contributed by atoms with van der Waals surface area (Å²) in [5.41, 5.74) is -0.191. The predicted molar refractivity (Wildman–Crippen MR) is 74.2 cm³/mol. The van der Waals surface area contributed by atoms with Crippen LogP contribution in [0.4, 0.5) is 0 Å². The van der Waals surface area contributed by atoms with Crippen LogP contribution < -0.4 is 0 Å². The van der Waals surface area contributed by atoms with Gasteiger partial charge in [-0.15, -0.1) is 0 Å². The summed E-state index contributed by atoms with van der Waals surface area (Å²) in [4.78, 5) is 12.2. The number of carbonyl (C=O) groups is 1. The Hall–Kier alpha value is -0.180. The van der Waals surface area contributed by atoms with Crippen LogP contribution in [0, 0.1) is 23.2 Å². The van der Waals surface area contributed by atoms with E-state index in [1.165, 1.54) is 0 Å². The zero-order valence-corrected chi connectivity index (χ0v) is 13.4. The third kappa shape index (κ3) is 2.32. The summed E-state index contributed by atoms with van der Waals surface area (Å²) < 4.78 is 24.1. The van der Waals surface area contributed by atoms with Crippen LogP contribution in [-0.4, -0.2) is 24.7 Å². The molecule has 0 aromatic rings. The third-order valence-corrected chi connectivity index (χ3v) is 7.67. The van der Waals surface area contributed by atoms with E-state index in [1.54, 1.807) is 0 Å². The molecule has 4 atom stereocenters. The van der Waals surface area contributed by atoms with Gasteiger partial charge in [-0.05, 0) is 31.1 Å². The molecule has 2 aliphatic rings. The van der Waals surface area contributed by atoms with E-state index in [1.807, 2.05) is 20.8 Å². The van der Waals surface area contributed by atoms with Crippen molar-refractivity contribution in [1.29, 1.82) is 0 Å². The molecule has 2 rings (SSSR count). The van der Waals surface area contributed by atoms with Crippen molar-refractivity contribution in [2.45, 2.75) is 46.7 Å². The maximum atomic E-state index is 13.1. The molecule has 0 N–H and O–H groups in total. The van der Waals surface area contributed by atoms with Crippen molar-refractivity contribution in [3.05, 3.63) is 0 Å². The molecular weight excluding hydrogens is 263 g/mol. The lowest BCUT2D eigenvalue weighted by Crippen LogP contribution is -2.34. The number of carbonyl (C=O) groups excluding carboxylic acids is 1. The highest BCUT2D eigenvalue weighted by Gasteiger charge is 2.69. The van der Waals surface area contributed by atoms with Crippen molar-refractivity contribution in [1.82, 2.24) is 0 Å². The highest BCUT2D eigenvalue weighted by Crippen LogP contribution is 2.74. The molecule has 0 aromatic heterocycles. The first-order chi connectivity index (χ1) is 8.79. The van der Waals surface area contributed by atoms with E-state index < -0.39 is 7.60 Å². The van der Waals surface area contributed by atoms with Gasteiger partial charge in [0.2, 0.25) is 0 Å². The van der Waals surface area contributed by atoms with Crippen LogP contribution in [0.5, 0.6) is 0 Å². The van der Waals surface area contributed by atoms with Gasteiger partial charge in [-0.2, -0.15) is 0 Å². The normalized spacial score (nSPS) is 37.0. The standard InChI is InChI=1S/C14H25O4P/c1-6-17-19(16,18-7-2)13-9(3)11(15)8-10-12(13)14(10,4)5/h9-10,12-13H,6-8H2,1-5H3/t9-,10?,12?,13+/m0/s1. The van der Waals surface area contributed by atoms with Crippen LogP contribution >= 0.6 is 7.60 Å². The molecule has 0 amide bonds. The van der Waals surface area contributed by atoms with Crippen molar-refractivity contribution in [3.63, 3.8) is 0 Å². The van der Waals surface area contributed by atoms with Gasteiger partial charge in [-0.3, -0.25) is 9.36 Å². The van der Waals surface area contributed by atoms with Crippen LogP contribution in [-0.2, 0) is 18.4 Å². The maximum absolute atomic E-state index is 13.1. The number of Topliss-reactive ketones (excluding diaryl/α,β-unsaturated/α-hetero) is 1. The molecule has 110 valence electrons. The number of hydrogen-bond donors (Lipinski definition) is 0. The minimum Gasteiger partial charge on any atom is -0.309 e. The summed E-state index contributed by atoms with van der Waals surface area (Å²) in [6.45, 7) is 10.5. The van der Waals surface area contributed by atoms with Gasteiger partial charge in [0.1, 0.15) is 5.78 Å². The smallest absolute Gasteiger partial charge is 0.309 e. The highest BCUT2D eigenvalue weighted by molar-refractivity contribution is 7.54. The van der Waals surface area contributed by atoms with Crippen LogP contribution in [0.2, 0.25) is 0 Å². The maximum Gasteiger partial charge on any atom is 0.334 e. The predicted octanol–water partition coefficient (Wildman–Crippen LogP) is 3.50. The Morgan fingerprint density at radius 2 is 1.79 bits per heavy atom. The lowest BCUT2D eigenvalue weighted by atomic mass is 9.89. The average molecular weight is 288 g/mol. The van der Waals surface area contributed by atoms with E-state index in [0.717, 1.165) is 0 Å². The molecular formula is C14H25O4P. The Kier molecular flexibility index (Phi) is 3.99. The fraction of sp³-hybridized carbons (Fsp3) is 0.929. The number of ketones is 1. The Labute approximate surface area is 115 Å². The van der Waals surface area contributed by atoms with Crippen LogP contribution in [0.15, 0.2) is 0 Å². The van der Waals surface area contributed by atoms with E-state index in [2.05, 4.69) is 13.8 Å². The molecule has 0 aliphatic heterocycles. The molecule has 0 saturated heterocycles. The molecule has 2 saturated carbocycles. The largest absolute Gasteiger partial charge is 0.334 e. The summed E-state index contributed by atoms with van der Waals surface area (Å²) >= 11 is 0. The zero-order chi connectivity index (χ0) is 14.4. The second-order valence-electron chi connectivity index (χ2n) is 6.28. The molecule has 5 heteroatoms. The van der Waals surface area contributed by atoms with Crippen molar-refractivity contribution in [2.24, 2.45) is 23.2 Å². The monoisotopic (exact) mass is 288 g/mol. The Morgan fingerprint density at radius 1 is 1.26 bits per heavy atom. The summed E-state index contributed by atoms with van der Waals surface area (Å²) in [6, 6.07) is 0. The lowest BCUT2D eigenvalue weighted by Gasteiger charge is -2.33. The highest BCUT2D eigenvalue weighted by atomic mass is 31.2. The van der Waals surface area contributed by atoms with Gasteiger partial charge in [0.05, 0.1) is 18.9 Å². The Bertz CT molecular complexity index is 408. The van der Waals surface area contributed by atoms with Gasteiger partial charge in [-0.25, -0.2) is 0 Å². The molecule has 0 heterocycles. The molecule has 2 aliphatic carbocycles. The molecule has 4 nitrogen and oxygen atoms in total. The molecule has 2 fully saturated rings. The third-order valence-electron chi connectivity index (χ3n) is 4.93. The molecule has 19 heavy (non-hydrogen) atoms. The van der Waals surface area contributed by atoms with E-state index in [9.17, 15) is 9.36 Å². The van der Waals surface area contributed by atoms with Gasteiger partial charge in [0.25, 0.3) is 0 Å². The first-order valence-corrected chi connectivity index (χ1v) is 8.82. The Morgan fingerprint density at radius 3 is 2.26 bits per heavy atom. The molecule has 0 radical (unpaired) electrons. The second kappa shape index (κ2) is 4.98. The van der Waals surface area contributed by atoms with Crippen LogP contribution in [0.3, 0.4) is 0 Å². The van der Waals surface area contributed by atoms with Crippen LogP contribution in [0.25, 0.3) is 0 Å². The first kappa shape index (κ1) is 15.2. The van der Waals surface area contributed by atoms with E-state index >= 15 is 0 Å². The topological polar surface area (TPSA) is 52.6 Å². The van der Waals surface area contributed by atoms with Gasteiger partial charge in [0.15, 0.2) is 0 Å². The fourth-order valence-electron chi connectivity index (χ4n) is 3.80. The first-order valence-electron chi connectivity index (χ1n) is 7.21. The van der Waals surface area contributed by atoms with E-state index in [0.29, 0.717) is 25.6 Å². The minimum atomic E-state index is -3.20. The van der Waals surface area contributed by atoms with Gasteiger partial charge < -0.3 is 9.05 Å². The molecule has 0 spiro atoms. The fourth-order valence-corrected chi connectivity index (χ4v) is 6.64. The second-order valence-corrected chi connectivity index (χ2v) is 8.47. The molecule has 0 aromatic carbocycles. The van der Waals surface area contributed by atoms with Crippen molar-refractivity contribution >= 4 is 13.4 Å². The summed E-state index contributed by atoms with van der Waals surface area (Å²) in [5.74, 6) is 0.600. The van der Waals surface area contributed by atoms with Gasteiger partial charge in [-0.1, -0.05) is 20.8 Å². The summed E-state index contributed by atoms with van der Waals surface area (Å²) in [6.07, 6.45) is 0.619. The number of rotatable bonds is 5. The van der Waals surface area contributed by atoms with Crippen LogP contribution in [0.1, 0.15) is 41.0 Å². The average Bonchev–Trinajstić information content (AvgIpc) is 2.82. The Balaban J connectivity index is 2.34.